The standard InChI is InChI=1S/C14H20FNO2/c1-14(2,11-5-7-12(15)8-6-11)13(17)16-9-4-10-18-3/h5-8H,4,9-10H2,1-3H3,(H,16,17). The highest BCUT2D eigenvalue weighted by atomic mass is 19.1. The molecule has 18 heavy (non-hydrogen) atoms. The Balaban J connectivity index is 2.61. The van der Waals surface area contributed by atoms with Crippen molar-refractivity contribution < 1.29 is 13.9 Å². The van der Waals surface area contributed by atoms with E-state index in [0.717, 1.165) is 12.0 Å². The maximum absolute atomic E-state index is 12.8. The topological polar surface area (TPSA) is 38.3 Å². The van der Waals surface area contributed by atoms with Gasteiger partial charge in [0.15, 0.2) is 0 Å². The summed E-state index contributed by atoms with van der Waals surface area (Å²) in [4.78, 5) is 12.1. The Morgan fingerprint density at radius 1 is 1.33 bits per heavy atom. The van der Waals surface area contributed by atoms with Crippen LogP contribution in [0.1, 0.15) is 25.8 Å². The number of hydrogen-bond acceptors (Lipinski definition) is 2. The van der Waals surface area contributed by atoms with E-state index in [1.54, 1.807) is 19.2 Å². The van der Waals surface area contributed by atoms with E-state index in [-0.39, 0.29) is 11.7 Å². The number of rotatable bonds is 6. The molecule has 3 nitrogen and oxygen atoms in total. The van der Waals surface area contributed by atoms with Gasteiger partial charge in [-0.05, 0) is 38.0 Å². The molecule has 100 valence electrons. The van der Waals surface area contributed by atoms with Crippen LogP contribution in [0.25, 0.3) is 0 Å². The summed E-state index contributed by atoms with van der Waals surface area (Å²) in [6.07, 6.45) is 0.780. The first-order chi connectivity index (χ1) is 8.48. The van der Waals surface area contributed by atoms with Crippen LogP contribution in [-0.2, 0) is 14.9 Å². The lowest BCUT2D eigenvalue weighted by molar-refractivity contribution is -0.125. The molecular formula is C14H20FNO2. The van der Waals surface area contributed by atoms with Crippen molar-refractivity contribution in [3.8, 4) is 0 Å². The highest BCUT2D eigenvalue weighted by Crippen LogP contribution is 2.23. The van der Waals surface area contributed by atoms with Crippen LogP contribution in [0.15, 0.2) is 24.3 Å². The fraction of sp³-hybridized carbons (Fsp3) is 0.500. The lowest BCUT2D eigenvalue weighted by Gasteiger charge is -2.24. The highest BCUT2D eigenvalue weighted by molar-refractivity contribution is 5.87. The van der Waals surface area contributed by atoms with E-state index < -0.39 is 5.41 Å². The van der Waals surface area contributed by atoms with Crippen molar-refractivity contribution in [3.63, 3.8) is 0 Å². The van der Waals surface area contributed by atoms with Crippen molar-refractivity contribution in [1.82, 2.24) is 5.32 Å². The summed E-state index contributed by atoms with van der Waals surface area (Å²) in [5.74, 6) is -0.361. The van der Waals surface area contributed by atoms with Crippen LogP contribution in [-0.4, -0.2) is 26.2 Å². The Morgan fingerprint density at radius 3 is 2.50 bits per heavy atom. The van der Waals surface area contributed by atoms with E-state index in [9.17, 15) is 9.18 Å². The van der Waals surface area contributed by atoms with E-state index in [4.69, 9.17) is 4.74 Å². The SMILES string of the molecule is COCCCNC(=O)C(C)(C)c1ccc(F)cc1. The van der Waals surface area contributed by atoms with Gasteiger partial charge in [0.05, 0.1) is 5.41 Å². The maximum Gasteiger partial charge on any atom is 0.230 e. The van der Waals surface area contributed by atoms with Gasteiger partial charge >= 0.3 is 0 Å². The van der Waals surface area contributed by atoms with Crippen LogP contribution >= 0.6 is 0 Å². The third kappa shape index (κ3) is 3.81. The largest absolute Gasteiger partial charge is 0.385 e. The fourth-order valence-electron chi connectivity index (χ4n) is 1.64. The van der Waals surface area contributed by atoms with Gasteiger partial charge in [-0.25, -0.2) is 4.39 Å². The second-order valence-electron chi connectivity index (χ2n) is 4.73. The minimum absolute atomic E-state index is 0.0646. The van der Waals surface area contributed by atoms with E-state index in [1.165, 1.54) is 12.1 Å². The van der Waals surface area contributed by atoms with Crippen molar-refractivity contribution in [3.05, 3.63) is 35.6 Å². The van der Waals surface area contributed by atoms with Crippen LogP contribution in [0, 0.1) is 5.82 Å². The van der Waals surface area contributed by atoms with Crippen molar-refractivity contribution in [2.45, 2.75) is 25.7 Å². The van der Waals surface area contributed by atoms with Crippen LogP contribution < -0.4 is 5.32 Å². The monoisotopic (exact) mass is 253 g/mol. The molecule has 0 saturated carbocycles. The third-order valence-corrected chi connectivity index (χ3v) is 2.94. The smallest absolute Gasteiger partial charge is 0.230 e. The zero-order valence-electron chi connectivity index (χ0n) is 11.1. The molecule has 0 atom stereocenters. The van der Waals surface area contributed by atoms with Gasteiger partial charge in [0.2, 0.25) is 5.91 Å². The molecule has 0 fully saturated rings. The molecule has 1 aromatic carbocycles. The number of nitrogens with one attached hydrogen (secondary N) is 1. The van der Waals surface area contributed by atoms with Gasteiger partial charge in [-0.3, -0.25) is 4.79 Å². The van der Waals surface area contributed by atoms with Gasteiger partial charge in [0, 0.05) is 20.3 Å². The molecule has 1 N–H and O–H groups in total. The van der Waals surface area contributed by atoms with Crippen LogP contribution in [0.5, 0.6) is 0 Å². The molecule has 0 aliphatic carbocycles. The molecule has 1 rings (SSSR count). The van der Waals surface area contributed by atoms with Crippen LogP contribution in [0.2, 0.25) is 0 Å². The van der Waals surface area contributed by atoms with Gasteiger partial charge < -0.3 is 10.1 Å². The maximum atomic E-state index is 12.8. The van der Waals surface area contributed by atoms with E-state index in [1.807, 2.05) is 13.8 Å². The molecule has 0 unspecified atom stereocenters. The second kappa shape index (κ2) is 6.50. The Labute approximate surface area is 107 Å². The quantitative estimate of drug-likeness (QED) is 0.790. The molecule has 0 heterocycles. The van der Waals surface area contributed by atoms with Crippen molar-refractivity contribution >= 4 is 5.91 Å². The van der Waals surface area contributed by atoms with Gasteiger partial charge in [-0.2, -0.15) is 0 Å². The highest BCUT2D eigenvalue weighted by Gasteiger charge is 2.29. The molecule has 0 bridgehead atoms. The lowest BCUT2D eigenvalue weighted by atomic mass is 9.83. The zero-order chi connectivity index (χ0) is 13.6. The molecule has 1 amide bonds. The predicted octanol–water partition coefficient (Wildman–Crippen LogP) is 2.26. The molecule has 1 aromatic rings. The van der Waals surface area contributed by atoms with E-state index >= 15 is 0 Å². The number of halogens is 1. The molecular weight excluding hydrogens is 233 g/mol. The van der Waals surface area contributed by atoms with Gasteiger partial charge in [-0.1, -0.05) is 12.1 Å². The fourth-order valence-corrected chi connectivity index (χ4v) is 1.64. The summed E-state index contributed by atoms with van der Waals surface area (Å²) >= 11 is 0. The van der Waals surface area contributed by atoms with Crippen molar-refractivity contribution in [1.29, 1.82) is 0 Å². The van der Waals surface area contributed by atoms with Gasteiger partial charge in [-0.15, -0.1) is 0 Å². The van der Waals surface area contributed by atoms with Gasteiger partial charge in [0.1, 0.15) is 5.82 Å². The summed E-state index contributed by atoms with van der Waals surface area (Å²) < 4.78 is 17.8. The lowest BCUT2D eigenvalue weighted by Crippen LogP contribution is -2.40. The molecule has 4 heteroatoms. The van der Waals surface area contributed by atoms with E-state index in [0.29, 0.717) is 13.2 Å². The summed E-state index contributed by atoms with van der Waals surface area (Å²) in [5, 5.41) is 2.86. The first-order valence-corrected chi connectivity index (χ1v) is 6.01. The number of carbonyl (C=O) groups is 1. The Hall–Kier alpha value is -1.42. The average molecular weight is 253 g/mol. The summed E-state index contributed by atoms with van der Waals surface area (Å²) in [7, 11) is 1.63. The van der Waals surface area contributed by atoms with Crippen LogP contribution in [0.4, 0.5) is 4.39 Å². The number of methoxy groups -OCH3 is 1. The predicted molar refractivity (Wildman–Crippen MR) is 68.9 cm³/mol. The first kappa shape index (κ1) is 14.6. The molecule has 0 radical (unpaired) electrons. The summed E-state index contributed by atoms with van der Waals surface area (Å²) in [6.45, 7) is 4.85. The molecule has 0 spiro atoms. The number of hydrogen-bond donors (Lipinski definition) is 1. The molecule has 0 saturated heterocycles. The molecule has 0 aromatic heterocycles. The van der Waals surface area contributed by atoms with E-state index in [2.05, 4.69) is 5.32 Å². The average Bonchev–Trinajstić information content (AvgIpc) is 2.35. The summed E-state index contributed by atoms with van der Waals surface area (Å²) in [5.41, 5.74) is 0.133. The Kier molecular flexibility index (Phi) is 5.28. The van der Waals surface area contributed by atoms with Gasteiger partial charge in [0.25, 0.3) is 0 Å². The summed E-state index contributed by atoms with van der Waals surface area (Å²) in [6, 6.07) is 6.03. The number of benzene rings is 1. The number of amides is 1. The number of carbonyl (C=O) groups excluding carboxylic acids is 1. The normalized spacial score (nSPS) is 11.3. The molecule has 0 aliphatic rings. The first-order valence-electron chi connectivity index (χ1n) is 6.01. The third-order valence-electron chi connectivity index (χ3n) is 2.94. The zero-order valence-corrected chi connectivity index (χ0v) is 11.1. The van der Waals surface area contributed by atoms with Crippen LogP contribution in [0.3, 0.4) is 0 Å². The van der Waals surface area contributed by atoms with Crippen molar-refractivity contribution in [2.24, 2.45) is 0 Å². The molecule has 0 aliphatic heterocycles. The second-order valence-corrected chi connectivity index (χ2v) is 4.73. The minimum Gasteiger partial charge on any atom is -0.385 e. The minimum atomic E-state index is -0.666. The van der Waals surface area contributed by atoms with Crippen molar-refractivity contribution in [2.75, 3.05) is 20.3 Å². The Bertz CT molecular complexity index is 387. The number of ether oxygens (including phenoxy) is 1. The Morgan fingerprint density at radius 2 is 1.94 bits per heavy atom.